The number of piperazine rings is 1. The molecule has 31 heavy (non-hydrogen) atoms. The van der Waals surface area contributed by atoms with Crippen molar-refractivity contribution in [2.24, 2.45) is 17.8 Å². The number of benzene rings is 1. The first-order chi connectivity index (χ1) is 15.1. The normalized spacial score (nSPS) is 33.7. The zero-order valence-corrected chi connectivity index (χ0v) is 18.6. The van der Waals surface area contributed by atoms with E-state index in [2.05, 4.69) is 9.80 Å². The van der Waals surface area contributed by atoms with Gasteiger partial charge in [-0.25, -0.2) is 4.39 Å². The van der Waals surface area contributed by atoms with Gasteiger partial charge < -0.3 is 19.5 Å². The predicted molar refractivity (Wildman–Crippen MR) is 119 cm³/mol. The van der Waals surface area contributed by atoms with E-state index in [0.29, 0.717) is 26.4 Å². The first-order valence-electron chi connectivity index (χ1n) is 12.2. The minimum Gasteiger partial charge on any atom is -0.389 e. The van der Waals surface area contributed by atoms with E-state index in [0.717, 1.165) is 49.6 Å². The van der Waals surface area contributed by atoms with Crippen molar-refractivity contribution in [2.45, 2.75) is 50.2 Å². The minimum absolute atomic E-state index is 0.140. The van der Waals surface area contributed by atoms with Crippen molar-refractivity contribution in [3.63, 3.8) is 0 Å². The fourth-order valence-corrected chi connectivity index (χ4v) is 6.94. The maximum atomic E-state index is 13.1. The van der Waals surface area contributed by atoms with Crippen LogP contribution in [0, 0.1) is 23.6 Å². The molecular weight excluding hydrogens is 395 g/mol. The summed E-state index contributed by atoms with van der Waals surface area (Å²) in [5.74, 6) is 2.50. The van der Waals surface area contributed by atoms with E-state index in [1.54, 1.807) is 0 Å². The molecule has 5 aliphatic rings. The summed E-state index contributed by atoms with van der Waals surface area (Å²) in [4.78, 5) is 4.54. The third-order valence-corrected chi connectivity index (χ3v) is 7.96. The Morgan fingerprint density at radius 1 is 0.935 bits per heavy atom. The number of halogens is 1. The van der Waals surface area contributed by atoms with Crippen LogP contribution in [0.3, 0.4) is 0 Å². The summed E-state index contributed by atoms with van der Waals surface area (Å²) in [5, 5.41) is 10.4. The highest BCUT2D eigenvalue weighted by molar-refractivity contribution is 5.46. The number of rotatable bonds is 9. The smallest absolute Gasteiger partial charge is 0.123 e. The van der Waals surface area contributed by atoms with Crippen molar-refractivity contribution >= 4 is 5.69 Å². The van der Waals surface area contributed by atoms with Crippen LogP contribution in [-0.4, -0.2) is 74.3 Å². The van der Waals surface area contributed by atoms with E-state index in [9.17, 15) is 9.50 Å². The summed E-state index contributed by atoms with van der Waals surface area (Å²) in [6, 6.07) is 6.68. The summed E-state index contributed by atoms with van der Waals surface area (Å²) in [6.45, 7) is 5.77. The predicted octanol–water partition coefficient (Wildman–Crippen LogP) is 3.31. The fourth-order valence-electron chi connectivity index (χ4n) is 6.94. The van der Waals surface area contributed by atoms with Gasteiger partial charge in [-0.15, -0.1) is 0 Å². The number of ether oxygens (including phenoxy) is 2. The molecule has 1 aromatic carbocycles. The lowest BCUT2D eigenvalue weighted by Crippen LogP contribution is -2.52. The third kappa shape index (κ3) is 5.24. The van der Waals surface area contributed by atoms with Crippen molar-refractivity contribution in [2.75, 3.05) is 57.4 Å². The molecule has 0 spiro atoms. The Balaban J connectivity index is 0.962. The second kappa shape index (κ2) is 9.34. The molecule has 1 aromatic rings. The molecule has 0 amide bonds. The molecule has 1 N–H and O–H groups in total. The molecule has 1 heterocycles. The Bertz CT molecular complexity index is 685. The lowest BCUT2D eigenvalue weighted by atomic mass is 9.54. The van der Waals surface area contributed by atoms with E-state index >= 15 is 0 Å². The Morgan fingerprint density at radius 3 is 2.16 bits per heavy atom. The third-order valence-electron chi connectivity index (χ3n) is 7.96. The molecular formula is C25H37FN2O3. The van der Waals surface area contributed by atoms with E-state index in [4.69, 9.17) is 9.47 Å². The largest absolute Gasteiger partial charge is 0.389 e. The summed E-state index contributed by atoms with van der Waals surface area (Å²) in [5.41, 5.74) is 1.20. The topological polar surface area (TPSA) is 45.2 Å². The van der Waals surface area contributed by atoms with Crippen molar-refractivity contribution < 1.29 is 19.0 Å². The van der Waals surface area contributed by atoms with Crippen LogP contribution in [0.25, 0.3) is 0 Å². The van der Waals surface area contributed by atoms with Crippen LogP contribution in [0.1, 0.15) is 38.5 Å². The van der Waals surface area contributed by atoms with Crippen LogP contribution < -0.4 is 4.90 Å². The number of aliphatic hydroxyl groups is 1. The van der Waals surface area contributed by atoms with Gasteiger partial charge in [0.25, 0.3) is 0 Å². The van der Waals surface area contributed by atoms with Crippen LogP contribution in [0.5, 0.6) is 0 Å². The van der Waals surface area contributed by atoms with Gasteiger partial charge in [-0.3, -0.25) is 4.90 Å². The summed E-state index contributed by atoms with van der Waals surface area (Å²) in [7, 11) is 0. The van der Waals surface area contributed by atoms with Crippen molar-refractivity contribution in [1.29, 1.82) is 0 Å². The van der Waals surface area contributed by atoms with Crippen LogP contribution in [0.15, 0.2) is 24.3 Å². The molecule has 4 aliphatic carbocycles. The molecule has 5 fully saturated rings. The van der Waals surface area contributed by atoms with Gasteiger partial charge in [0.1, 0.15) is 5.82 Å². The Labute approximate surface area is 185 Å². The van der Waals surface area contributed by atoms with Gasteiger partial charge in [-0.1, -0.05) is 0 Å². The molecule has 0 aromatic heterocycles. The van der Waals surface area contributed by atoms with Crippen LogP contribution >= 0.6 is 0 Å². The van der Waals surface area contributed by atoms with Crippen molar-refractivity contribution in [1.82, 2.24) is 4.90 Å². The van der Waals surface area contributed by atoms with E-state index < -0.39 is 6.10 Å². The molecule has 1 unspecified atom stereocenters. The van der Waals surface area contributed by atoms with Crippen LogP contribution in [0.4, 0.5) is 10.1 Å². The van der Waals surface area contributed by atoms with E-state index in [1.165, 1.54) is 50.7 Å². The number of hydrogen-bond donors (Lipinski definition) is 1. The Kier molecular flexibility index (Phi) is 6.52. The Morgan fingerprint density at radius 2 is 1.55 bits per heavy atom. The zero-order chi connectivity index (χ0) is 21.3. The van der Waals surface area contributed by atoms with Gasteiger partial charge in [-0.05, 0) is 80.5 Å². The Hall–Kier alpha value is -1.21. The highest BCUT2D eigenvalue weighted by Gasteiger charge is 2.51. The van der Waals surface area contributed by atoms with Crippen LogP contribution in [-0.2, 0) is 9.47 Å². The molecule has 172 valence electrons. The van der Waals surface area contributed by atoms with Gasteiger partial charge >= 0.3 is 0 Å². The van der Waals surface area contributed by atoms with E-state index in [1.807, 2.05) is 12.1 Å². The molecule has 1 atom stereocenters. The van der Waals surface area contributed by atoms with Crippen molar-refractivity contribution in [3.8, 4) is 0 Å². The first-order valence-corrected chi connectivity index (χ1v) is 12.2. The standard InChI is InChI=1S/C25H37FN2O3/c26-22-1-3-23(4-2-22)28-7-5-27(6-8-28)17-24(29)18-30-9-10-31-25-14-19-11-20(15-25)13-21(12-19)16-25/h1-4,19-21,24,29H,5-18H2. The van der Waals surface area contributed by atoms with E-state index in [-0.39, 0.29) is 11.4 Å². The second-order valence-corrected chi connectivity index (χ2v) is 10.4. The average Bonchev–Trinajstić information content (AvgIpc) is 2.74. The summed E-state index contributed by atoms with van der Waals surface area (Å²) in [6.07, 6.45) is 7.59. The number of nitrogens with zero attached hydrogens (tertiary/aromatic N) is 2. The maximum Gasteiger partial charge on any atom is 0.123 e. The SMILES string of the molecule is OC(COCCOC12CC3CC(CC(C3)C1)C2)CN1CCN(c2ccc(F)cc2)CC1. The summed E-state index contributed by atoms with van der Waals surface area (Å²) < 4.78 is 25.2. The number of anilines is 1. The lowest BCUT2D eigenvalue weighted by Gasteiger charge is -2.56. The highest BCUT2D eigenvalue weighted by atomic mass is 19.1. The van der Waals surface area contributed by atoms with Gasteiger partial charge in [0.15, 0.2) is 0 Å². The quantitative estimate of drug-likeness (QED) is 0.607. The molecule has 1 saturated heterocycles. The van der Waals surface area contributed by atoms with Gasteiger partial charge in [0, 0.05) is 38.4 Å². The number of hydrogen-bond acceptors (Lipinski definition) is 5. The zero-order valence-electron chi connectivity index (χ0n) is 18.6. The maximum absolute atomic E-state index is 13.1. The second-order valence-electron chi connectivity index (χ2n) is 10.4. The van der Waals surface area contributed by atoms with Gasteiger partial charge in [0.2, 0.25) is 0 Å². The highest BCUT2D eigenvalue weighted by Crippen LogP contribution is 2.57. The summed E-state index contributed by atoms with van der Waals surface area (Å²) >= 11 is 0. The first kappa shape index (κ1) is 21.6. The molecule has 0 radical (unpaired) electrons. The molecule has 5 nitrogen and oxygen atoms in total. The van der Waals surface area contributed by atoms with Gasteiger partial charge in [0.05, 0.1) is 31.5 Å². The molecule has 6 rings (SSSR count). The lowest BCUT2D eigenvalue weighted by molar-refractivity contribution is -0.170. The monoisotopic (exact) mass is 432 g/mol. The minimum atomic E-state index is -0.475. The average molecular weight is 433 g/mol. The van der Waals surface area contributed by atoms with Gasteiger partial charge in [-0.2, -0.15) is 0 Å². The molecule has 6 heteroatoms. The molecule has 4 saturated carbocycles. The van der Waals surface area contributed by atoms with Crippen molar-refractivity contribution in [3.05, 3.63) is 30.1 Å². The van der Waals surface area contributed by atoms with Crippen LogP contribution in [0.2, 0.25) is 0 Å². The number of β-amino-alcohol motifs (C(OH)–C–C–N with tert-alkyl or cyclic N) is 1. The molecule has 4 bridgehead atoms. The number of aliphatic hydroxyl groups excluding tert-OH is 1. The fraction of sp³-hybridized carbons (Fsp3) is 0.760. The molecule has 1 aliphatic heterocycles.